The minimum absolute atomic E-state index is 0.295. The SMILES string of the molecule is C=C/C(C)=C(\C=C/C)Nc1ncc(C(=O)NC)cc1NC(=O)C(=C)C. The van der Waals surface area contributed by atoms with E-state index >= 15 is 0 Å². The van der Waals surface area contributed by atoms with E-state index in [2.05, 4.69) is 34.1 Å². The molecule has 0 bridgehead atoms. The summed E-state index contributed by atoms with van der Waals surface area (Å²) < 4.78 is 0. The number of nitrogens with one attached hydrogen (secondary N) is 3. The largest absolute Gasteiger partial charge is 0.355 e. The van der Waals surface area contributed by atoms with Crippen LogP contribution < -0.4 is 16.0 Å². The zero-order valence-corrected chi connectivity index (χ0v) is 15.1. The normalized spacial score (nSPS) is 11.5. The molecule has 0 unspecified atom stereocenters. The van der Waals surface area contributed by atoms with Gasteiger partial charge in [0.15, 0.2) is 5.82 Å². The van der Waals surface area contributed by atoms with Crippen molar-refractivity contribution in [3.05, 3.63) is 66.1 Å². The van der Waals surface area contributed by atoms with Crippen molar-refractivity contribution in [2.24, 2.45) is 0 Å². The van der Waals surface area contributed by atoms with Gasteiger partial charge >= 0.3 is 0 Å². The molecule has 0 aliphatic carbocycles. The molecule has 6 nitrogen and oxygen atoms in total. The molecular formula is C19H24N4O2. The molecule has 6 heteroatoms. The summed E-state index contributed by atoms with van der Waals surface area (Å²) in [5, 5.41) is 8.41. The van der Waals surface area contributed by atoms with E-state index in [0.29, 0.717) is 22.6 Å². The van der Waals surface area contributed by atoms with Gasteiger partial charge in [0.25, 0.3) is 11.8 Å². The first-order chi connectivity index (χ1) is 11.8. The molecule has 1 rings (SSSR count). The van der Waals surface area contributed by atoms with Gasteiger partial charge in [-0.1, -0.05) is 25.3 Å². The lowest BCUT2D eigenvalue weighted by Gasteiger charge is -2.15. The highest BCUT2D eigenvalue weighted by Gasteiger charge is 2.14. The highest BCUT2D eigenvalue weighted by atomic mass is 16.2. The van der Waals surface area contributed by atoms with Gasteiger partial charge in [-0.05, 0) is 38.5 Å². The number of pyridine rings is 1. The molecule has 0 radical (unpaired) electrons. The van der Waals surface area contributed by atoms with Gasteiger partial charge < -0.3 is 16.0 Å². The third-order valence-electron chi connectivity index (χ3n) is 3.33. The predicted molar refractivity (Wildman–Crippen MR) is 102 cm³/mol. The number of carbonyl (C=O) groups is 2. The van der Waals surface area contributed by atoms with Crippen molar-refractivity contribution in [3.63, 3.8) is 0 Å². The molecule has 0 aliphatic heterocycles. The van der Waals surface area contributed by atoms with Crippen LogP contribution in [0.25, 0.3) is 0 Å². The molecule has 0 saturated heterocycles. The number of amides is 2. The lowest BCUT2D eigenvalue weighted by molar-refractivity contribution is -0.112. The Balaban J connectivity index is 3.37. The van der Waals surface area contributed by atoms with E-state index in [1.807, 2.05) is 26.0 Å². The Morgan fingerprint density at radius 1 is 1.24 bits per heavy atom. The second-order valence-electron chi connectivity index (χ2n) is 5.36. The van der Waals surface area contributed by atoms with E-state index < -0.39 is 0 Å². The Bertz CT molecular complexity index is 761. The molecule has 0 spiro atoms. The van der Waals surface area contributed by atoms with Gasteiger partial charge in [0, 0.05) is 24.5 Å². The van der Waals surface area contributed by atoms with Gasteiger partial charge in [0.05, 0.1) is 11.3 Å². The van der Waals surface area contributed by atoms with Crippen LogP contribution in [-0.2, 0) is 4.79 Å². The molecular weight excluding hydrogens is 316 g/mol. The number of rotatable bonds is 7. The molecule has 25 heavy (non-hydrogen) atoms. The summed E-state index contributed by atoms with van der Waals surface area (Å²) in [5.74, 6) is -0.233. The van der Waals surface area contributed by atoms with E-state index in [9.17, 15) is 9.59 Å². The zero-order valence-electron chi connectivity index (χ0n) is 15.1. The van der Waals surface area contributed by atoms with Crippen molar-refractivity contribution in [1.29, 1.82) is 0 Å². The first-order valence-corrected chi connectivity index (χ1v) is 7.76. The van der Waals surface area contributed by atoms with Crippen molar-refractivity contribution >= 4 is 23.3 Å². The summed E-state index contributed by atoms with van der Waals surface area (Å²) >= 11 is 0. The highest BCUT2D eigenvalue weighted by Crippen LogP contribution is 2.24. The van der Waals surface area contributed by atoms with Gasteiger partial charge in [-0.3, -0.25) is 9.59 Å². The Hall–Kier alpha value is -3.15. The quantitative estimate of drug-likeness (QED) is 0.525. The van der Waals surface area contributed by atoms with Crippen LogP contribution >= 0.6 is 0 Å². The van der Waals surface area contributed by atoms with Crippen LogP contribution in [0, 0.1) is 0 Å². The van der Waals surface area contributed by atoms with Crippen molar-refractivity contribution in [2.75, 3.05) is 17.7 Å². The Labute approximate surface area is 148 Å². The fourth-order valence-corrected chi connectivity index (χ4v) is 1.83. The zero-order chi connectivity index (χ0) is 19.0. The molecule has 1 heterocycles. The summed E-state index contributed by atoms with van der Waals surface area (Å²) in [4.78, 5) is 28.1. The molecule has 0 aromatic carbocycles. The van der Waals surface area contributed by atoms with Crippen LogP contribution in [0.5, 0.6) is 0 Å². The van der Waals surface area contributed by atoms with E-state index in [1.165, 1.54) is 13.2 Å². The minimum Gasteiger partial charge on any atom is -0.355 e. The average molecular weight is 340 g/mol. The fraction of sp³-hybridized carbons (Fsp3) is 0.211. The van der Waals surface area contributed by atoms with Gasteiger partial charge in [0.2, 0.25) is 0 Å². The second kappa shape index (κ2) is 9.22. The average Bonchev–Trinajstić information content (AvgIpc) is 2.60. The Morgan fingerprint density at radius 3 is 2.44 bits per heavy atom. The maximum Gasteiger partial charge on any atom is 0.252 e. The van der Waals surface area contributed by atoms with E-state index in [1.54, 1.807) is 19.1 Å². The van der Waals surface area contributed by atoms with Gasteiger partial charge in [-0.15, -0.1) is 0 Å². The number of allylic oxidation sites excluding steroid dienone is 4. The predicted octanol–water partition coefficient (Wildman–Crippen LogP) is 3.40. The van der Waals surface area contributed by atoms with Gasteiger partial charge in [0.1, 0.15) is 0 Å². The standard InChI is InChI=1S/C19H24N4O2/c1-7-9-15(13(5)8-2)22-17-16(23-18(24)12(3)4)10-14(11-21-17)19(25)20-6/h7-11H,2-3H2,1,4-6H3,(H,20,25)(H,21,22)(H,23,24)/b9-7-,15-13+. The third-order valence-corrected chi connectivity index (χ3v) is 3.33. The molecule has 0 fully saturated rings. The topological polar surface area (TPSA) is 83.1 Å². The fourth-order valence-electron chi connectivity index (χ4n) is 1.83. The maximum atomic E-state index is 12.0. The summed E-state index contributed by atoms with van der Waals surface area (Å²) in [6.07, 6.45) is 6.90. The van der Waals surface area contributed by atoms with E-state index in [0.717, 1.165) is 11.3 Å². The van der Waals surface area contributed by atoms with Gasteiger partial charge in [-0.25, -0.2) is 4.98 Å². The lowest BCUT2D eigenvalue weighted by atomic mass is 10.2. The third kappa shape index (κ3) is 5.46. The minimum atomic E-state index is -0.351. The van der Waals surface area contributed by atoms with Crippen LogP contribution in [0.3, 0.4) is 0 Å². The molecule has 3 N–H and O–H groups in total. The van der Waals surface area contributed by atoms with Crippen LogP contribution in [0.2, 0.25) is 0 Å². The van der Waals surface area contributed by atoms with Crippen molar-refractivity contribution in [1.82, 2.24) is 10.3 Å². The summed E-state index contributed by atoms with van der Waals surface area (Å²) in [5.41, 5.74) is 2.76. The van der Waals surface area contributed by atoms with Crippen molar-refractivity contribution in [3.8, 4) is 0 Å². The highest BCUT2D eigenvalue weighted by molar-refractivity contribution is 6.05. The maximum absolute atomic E-state index is 12.0. The number of hydrogen-bond acceptors (Lipinski definition) is 4. The molecule has 0 aliphatic rings. The van der Waals surface area contributed by atoms with Crippen molar-refractivity contribution < 1.29 is 9.59 Å². The lowest BCUT2D eigenvalue weighted by Crippen LogP contribution is -2.20. The molecule has 132 valence electrons. The molecule has 0 atom stereocenters. The first kappa shape index (κ1) is 19.9. The van der Waals surface area contributed by atoms with E-state index in [4.69, 9.17) is 0 Å². The number of anilines is 2. The molecule has 0 saturated carbocycles. The number of hydrogen-bond donors (Lipinski definition) is 3. The number of carbonyl (C=O) groups excluding carboxylic acids is 2. The van der Waals surface area contributed by atoms with Crippen molar-refractivity contribution in [2.45, 2.75) is 20.8 Å². The summed E-state index contributed by atoms with van der Waals surface area (Å²) in [6.45, 7) is 12.8. The van der Waals surface area contributed by atoms with Crippen LogP contribution in [0.1, 0.15) is 31.1 Å². The van der Waals surface area contributed by atoms with E-state index in [-0.39, 0.29) is 11.8 Å². The van der Waals surface area contributed by atoms with Crippen LogP contribution in [0.4, 0.5) is 11.5 Å². The molecule has 1 aromatic heterocycles. The first-order valence-electron chi connectivity index (χ1n) is 7.76. The molecule has 1 aromatic rings. The number of aromatic nitrogens is 1. The Morgan fingerprint density at radius 2 is 1.92 bits per heavy atom. The van der Waals surface area contributed by atoms with Crippen LogP contribution in [0.15, 0.2) is 60.5 Å². The monoisotopic (exact) mass is 340 g/mol. The summed E-state index contributed by atoms with van der Waals surface area (Å²) in [6, 6.07) is 1.56. The van der Waals surface area contributed by atoms with Crippen LogP contribution in [-0.4, -0.2) is 23.8 Å². The van der Waals surface area contributed by atoms with Gasteiger partial charge in [-0.2, -0.15) is 0 Å². The Kier molecular flexibility index (Phi) is 7.34. The molecule has 2 amide bonds. The number of nitrogens with zero attached hydrogens (tertiary/aromatic N) is 1. The smallest absolute Gasteiger partial charge is 0.252 e. The summed E-state index contributed by atoms with van der Waals surface area (Å²) in [7, 11) is 1.53. The second-order valence-corrected chi connectivity index (χ2v) is 5.36.